The second-order valence-corrected chi connectivity index (χ2v) is 4.78. The molecule has 0 atom stereocenters. The molecule has 1 aliphatic rings. The van der Waals surface area contributed by atoms with Gasteiger partial charge in [0, 0.05) is 32.7 Å². The maximum absolute atomic E-state index is 11.0. The number of pyridine rings is 1. The average Bonchev–Trinajstić information content (AvgIpc) is 2.47. The second-order valence-electron chi connectivity index (χ2n) is 4.78. The number of likely N-dealkylation sites (N-methyl/N-ethyl adjacent to an activating group) is 1. The van der Waals surface area contributed by atoms with Crippen molar-refractivity contribution >= 4 is 17.3 Å². The minimum absolute atomic E-state index is 0.0869. The van der Waals surface area contributed by atoms with E-state index in [1.807, 2.05) is 6.92 Å². The average molecular weight is 279 g/mol. The van der Waals surface area contributed by atoms with Gasteiger partial charge in [-0.2, -0.15) is 0 Å². The van der Waals surface area contributed by atoms with Crippen LogP contribution >= 0.6 is 0 Å². The zero-order valence-corrected chi connectivity index (χ0v) is 12.0. The molecule has 0 unspecified atom stereocenters. The first-order valence-electron chi connectivity index (χ1n) is 7.01. The Bertz CT molecular complexity index is 472. The Kier molecular flexibility index (Phi) is 4.73. The summed E-state index contributed by atoms with van der Waals surface area (Å²) in [7, 11) is 0. The molecule has 1 saturated heterocycles. The molecule has 1 aromatic heterocycles. The number of hydrogen-bond donors (Lipinski definition) is 1. The van der Waals surface area contributed by atoms with E-state index >= 15 is 0 Å². The van der Waals surface area contributed by atoms with Gasteiger partial charge in [0.1, 0.15) is 11.6 Å². The number of nitro groups is 1. The molecule has 20 heavy (non-hydrogen) atoms. The highest BCUT2D eigenvalue weighted by Crippen LogP contribution is 2.24. The van der Waals surface area contributed by atoms with Crippen LogP contribution in [0.4, 0.5) is 17.3 Å². The van der Waals surface area contributed by atoms with Crippen LogP contribution < -0.4 is 10.2 Å². The van der Waals surface area contributed by atoms with Gasteiger partial charge in [0.25, 0.3) is 5.69 Å². The highest BCUT2D eigenvalue weighted by Gasteiger charge is 2.20. The lowest BCUT2D eigenvalue weighted by molar-refractivity contribution is -0.384. The summed E-state index contributed by atoms with van der Waals surface area (Å²) in [6.45, 7) is 9.47. The van der Waals surface area contributed by atoms with E-state index in [1.165, 1.54) is 6.07 Å². The third kappa shape index (κ3) is 3.36. The molecule has 1 aliphatic heterocycles. The maximum atomic E-state index is 11.0. The summed E-state index contributed by atoms with van der Waals surface area (Å²) >= 11 is 0. The van der Waals surface area contributed by atoms with Gasteiger partial charge >= 0.3 is 0 Å². The minimum Gasteiger partial charge on any atom is -0.370 e. The number of nitrogens with one attached hydrogen (secondary N) is 1. The minimum atomic E-state index is -0.367. The fourth-order valence-corrected chi connectivity index (χ4v) is 2.33. The number of nitrogens with zero attached hydrogens (tertiary/aromatic N) is 4. The van der Waals surface area contributed by atoms with Crippen LogP contribution in [0.25, 0.3) is 0 Å². The Morgan fingerprint density at radius 2 is 2.00 bits per heavy atom. The molecule has 0 amide bonds. The summed E-state index contributed by atoms with van der Waals surface area (Å²) in [6, 6.07) is 3.04. The summed E-state index contributed by atoms with van der Waals surface area (Å²) < 4.78 is 0. The molecule has 1 N–H and O–H groups in total. The van der Waals surface area contributed by atoms with Crippen LogP contribution in [0.15, 0.2) is 12.1 Å². The predicted molar refractivity (Wildman–Crippen MR) is 79.4 cm³/mol. The number of hydrogen-bond acceptors (Lipinski definition) is 6. The van der Waals surface area contributed by atoms with Gasteiger partial charge in [-0.3, -0.25) is 10.1 Å². The summed E-state index contributed by atoms with van der Waals surface area (Å²) in [6.07, 6.45) is 0. The summed E-state index contributed by atoms with van der Waals surface area (Å²) in [5.74, 6) is 1.25. The van der Waals surface area contributed by atoms with Gasteiger partial charge in [-0.05, 0) is 13.5 Å². The zero-order chi connectivity index (χ0) is 14.5. The molecule has 1 fully saturated rings. The van der Waals surface area contributed by atoms with Crippen LogP contribution in [-0.2, 0) is 0 Å². The smallest absolute Gasteiger partial charge is 0.276 e. The first-order valence-corrected chi connectivity index (χ1v) is 7.01. The molecule has 0 saturated carbocycles. The molecule has 2 rings (SSSR count). The van der Waals surface area contributed by atoms with Crippen LogP contribution in [0, 0.1) is 10.1 Å². The van der Waals surface area contributed by atoms with Crippen molar-refractivity contribution in [1.29, 1.82) is 0 Å². The lowest BCUT2D eigenvalue weighted by atomic mass is 10.3. The van der Waals surface area contributed by atoms with Crippen molar-refractivity contribution in [3.05, 3.63) is 22.2 Å². The fraction of sp³-hybridized carbons (Fsp3) is 0.615. The third-order valence-corrected chi connectivity index (χ3v) is 3.51. The largest absolute Gasteiger partial charge is 0.370 e. The van der Waals surface area contributed by atoms with Gasteiger partial charge in [-0.15, -0.1) is 0 Å². The summed E-state index contributed by atoms with van der Waals surface area (Å²) in [5.41, 5.74) is 0.0869. The highest BCUT2D eigenvalue weighted by molar-refractivity contribution is 5.56. The Balaban J connectivity index is 2.20. The normalized spacial score (nSPS) is 16.2. The zero-order valence-electron chi connectivity index (χ0n) is 12.0. The van der Waals surface area contributed by atoms with Crippen molar-refractivity contribution in [2.45, 2.75) is 13.8 Å². The number of rotatable bonds is 5. The fourth-order valence-electron chi connectivity index (χ4n) is 2.33. The van der Waals surface area contributed by atoms with Crippen molar-refractivity contribution in [3.63, 3.8) is 0 Å². The molecule has 110 valence electrons. The quantitative estimate of drug-likeness (QED) is 0.651. The van der Waals surface area contributed by atoms with Crippen molar-refractivity contribution in [2.75, 3.05) is 49.5 Å². The van der Waals surface area contributed by atoms with Crippen molar-refractivity contribution in [1.82, 2.24) is 9.88 Å². The standard InChI is InChI=1S/C13H21N5O2/c1-3-14-12-9-11(18(19)20)10-13(15-12)17-7-5-16(4-2)6-8-17/h9-10H,3-8H2,1-2H3,(H,14,15). The van der Waals surface area contributed by atoms with Gasteiger partial charge in [-0.1, -0.05) is 6.92 Å². The lowest BCUT2D eigenvalue weighted by Crippen LogP contribution is -2.46. The maximum Gasteiger partial charge on any atom is 0.276 e. The van der Waals surface area contributed by atoms with Crippen LogP contribution in [-0.4, -0.2) is 54.1 Å². The first kappa shape index (κ1) is 14.5. The van der Waals surface area contributed by atoms with Gasteiger partial charge in [0.15, 0.2) is 0 Å². The summed E-state index contributed by atoms with van der Waals surface area (Å²) in [5, 5.41) is 14.1. The lowest BCUT2D eigenvalue weighted by Gasteiger charge is -2.34. The van der Waals surface area contributed by atoms with Crippen molar-refractivity contribution in [2.24, 2.45) is 0 Å². The Morgan fingerprint density at radius 1 is 1.30 bits per heavy atom. The number of anilines is 2. The number of piperazine rings is 1. The molecule has 0 aliphatic carbocycles. The van der Waals surface area contributed by atoms with Crippen LogP contribution in [0.5, 0.6) is 0 Å². The Labute approximate surface area is 118 Å². The topological polar surface area (TPSA) is 74.5 Å². The molecule has 7 heteroatoms. The molecule has 0 radical (unpaired) electrons. The SMILES string of the molecule is CCNc1cc([N+](=O)[O-])cc(N2CCN(CC)CC2)n1. The molecular weight excluding hydrogens is 258 g/mol. The summed E-state index contributed by atoms with van der Waals surface area (Å²) in [4.78, 5) is 19.6. The highest BCUT2D eigenvalue weighted by atomic mass is 16.6. The molecule has 0 bridgehead atoms. The van der Waals surface area contributed by atoms with E-state index in [2.05, 4.69) is 27.0 Å². The molecule has 2 heterocycles. The van der Waals surface area contributed by atoms with E-state index in [4.69, 9.17) is 0 Å². The van der Waals surface area contributed by atoms with E-state index in [0.29, 0.717) is 18.2 Å². The van der Waals surface area contributed by atoms with Gasteiger partial charge in [-0.25, -0.2) is 4.98 Å². The molecule has 1 aromatic rings. The van der Waals surface area contributed by atoms with Gasteiger partial charge in [0.05, 0.1) is 17.1 Å². The molecule has 0 aromatic carbocycles. The second kappa shape index (κ2) is 6.51. The predicted octanol–water partition coefficient (Wildman–Crippen LogP) is 1.56. The van der Waals surface area contributed by atoms with E-state index in [1.54, 1.807) is 6.07 Å². The number of aromatic nitrogens is 1. The molecule has 0 spiro atoms. The van der Waals surface area contributed by atoms with Crippen LogP contribution in [0.3, 0.4) is 0 Å². The van der Waals surface area contributed by atoms with E-state index in [-0.39, 0.29) is 10.6 Å². The third-order valence-electron chi connectivity index (χ3n) is 3.51. The van der Waals surface area contributed by atoms with Crippen LogP contribution in [0.1, 0.15) is 13.8 Å². The van der Waals surface area contributed by atoms with Crippen LogP contribution in [0.2, 0.25) is 0 Å². The van der Waals surface area contributed by atoms with E-state index in [9.17, 15) is 10.1 Å². The monoisotopic (exact) mass is 279 g/mol. The van der Waals surface area contributed by atoms with Crippen molar-refractivity contribution < 1.29 is 4.92 Å². The van der Waals surface area contributed by atoms with E-state index < -0.39 is 0 Å². The van der Waals surface area contributed by atoms with Crippen molar-refractivity contribution in [3.8, 4) is 0 Å². The molecule has 7 nitrogen and oxygen atoms in total. The Hall–Kier alpha value is -1.89. The van der Waals surface area contributed by atoms with Gasteiger partial charge in [0.2, 0.25) is 0 Å². The van der Waals surface area contributed by atoms with Gasteiger partial charge < -0.3 is 15.1 Å². The molecular formula is C13H21N5O2. The van der Waals surface area contributed by atoms with E-state index in [0.717, 1.165) is 32.7 Å². The Morgan fingerprint density at radius 3 is 2.55 bits per heavy atom. The first-order chi connectivity index (χ1) is 9.63.